The SMILES string of the molecule is CC1CNCC(C)N1S(=O)(=O)c1ccc(F)cc1F. The molecule has 0 aromatic heterocycles. The lowest BCUT2D eigenvalue weighted by atomic mass is 10.2. The van der Waals surface area contributed by atoms with Crippen LogP contribution in [-0.2, 0) is 10.0 Å². The highest BCUT2D eigenvalue weighted by atomic mass is 32.2. The molecule has 0 radical (unpaired) electrons. The van der Waals surface area contributed by atoms with Gasteiger partial charge in [0, 0.05) is 31.2 Å². The minimum atomic E-state index is -3.96. The van der Waals surface area contributed by atoms with Crippen LogP contribution in [0.15, 0.2) is 23.1 Å². The van der Waals surface area contributed by atoms with Gasteiger partial charge in [0.25, 0.3) is 0 Å². The van der Waals surface area contributed by atoms with Crippen LogP contribution in [0.25, 0.3) is 0 Å². The Morgan fingerprint density at radius 1 is 1.21 bits per heavy atom. The maximum absolute atomic E-state index is 13.7. The number of piperazine rings is 1. The molecule has 1 saturated heterocycles. The van der Waals surface area contributed by atoms with Crippen LogP contribution in [0.4, 0.5) is 8.78 Å². The molecular weight excluding hydrogens is 274 g/mol. The third-order valence-electron chi connectivity index (χ3n) is 3.20. The van der Waals surface area contributed by atoms with E-state index in [2.05, 4.69) is 5.32 Å². The summed E-state index contributed by atoms with van der Waals surface area (Å²) in [5, 5.41) is 3.10. The first-order chi connectivity index (χ1) is 8.84. The average Bonchev–Trinajstić information content (AvgIpc) is 2.27. The van der Waals surface area contributed by atoms with Crippen LogP contribution >= 0.6 is 0 Å². The Balaban J connectivity index is 2.46. The average molecular weight is 290 g/mol. The van der Waals surface area contributed by atoms with E-state index in [1.807, 2.05) is 0 Å². The second kappa shape index (κ2) is 5.15. The molecule has 2 atom stereocenters. The van der Waals surface area contributed by atoms with E-state index in [1.54, 1.807) is 13.8 Å². The Morgan fingerprint density at radius 3 is 2.32 bits per heavy atom. The van der Waals surface area contributed by atoms with Crippen molar-refractivity contribution in [2.24, 2.45) is 0 Å². The molecule has 7 heteroatoms. The standard InChI is InChI=1S/C12H16F2N2O2S/c1-8-6-15-7-9(2)16(8)19(17,18)12-4-3-10(13)5-11(12)14/h3-5,8-9,15H,6-7H2,1-2H3. The third kappa shape index (κ3) is 2.63. The number of benzene rings is 1. The highest BCUT2D eigenvalue weighted by Gasteiger charge is 2.37. The minimum absolute atomic E-state index is 0.279. The summed E-state index contributed by atoms with van der Waals surface area (Å²) in [6.45, 7) is 4.52. The zero-order valence-electron chi connectivity index (χ0n) is 10.7. The largest absolute Gasteiger partial charge is 0.314 e. The predicted molar refractivity (Wildman–Crippen MR) is 67.2 cm³/mol. The zero-order chi connectivity index (χ0) is 14.2. The van der Waals surface area contributed by atoms with Gasteiger partial charge in [-0.2, -0.15) is 4.31 Å². The summed E-state index contributed by atoms with van der Waals surface area (Å²) in [5.41, 5.74) is 0. The van der Waals surface area contributed by atoms with Gasteiger partial charge in [-0.05, 0) is 26.0 Å². The van der Waals surface area contributed by atoms with Gasteiger partial charge in [-0.15, -0.1) is 0 Å². The van der Waals surface area contributed by atoms with Crippen molar-refractivity contribution in [2.45, 2.75) is 30.8 Å². The van der Waals surface area contributed by atoms with Crippen LogP contribution in [0.1, 0.15) is 13.8 Å². The molecule has 1 aromatic carbocycles. The van der Waals surface area contributed by atoms with Gasteiger partial charge >= 0.3 is 0 Å². The summed E-state index contributed by atoms with van der Waals surface area (Å²) in [6.07, 6.45) is 0. The molecular formula is C12H16F2N2O2S. The van der Waals surface area contributed by atoms with Crippen LogP contribution in [0.3, 0.4) is 0 Å². The number of hydrogen-bond acceptors (Lipinski definition) is 3. The fourth-order valence-corrected chi connectivity index (χ4v) is 4.26. The molecule has 0 bridgehead atoms. The Bertz CT molecular complexity index is 567. The van der Waals surface area contributed by atoms with Gasteiger partial charge < -0.3 is 5.32 Å². The summed E-state index contributed by atoms with van der Waals surface area (Å²) < 4.78 is 52.8. The predicted octanol–water partition coefficient (Wildman–Crippen LogP) is 1.34. The van der Waals surface area contributed by atoms with Gasteiger partial charge in [0.05, 0.1) is 0 Å². The van der Waals surface area contributed by atoms with Crippen molar-refractivity contribution in [3.8, 4) is 0 Å². The van der Waals surface area contributed by atoms with Gasteiger partial charge in [-0.3, -0.25) is 0 Å². The van der Waals surface area contributed by atoms with Crippen molar-refractivity contribution in [2.75, 3.05) is 13.1 Å². The maximum Gasteiger partial charge on any atom is 0.246 e. The normalized spacial score (nSPS) is 25.5. The van der Waals surface area contributed by atoms with Crippen molar-refractivity contribution in [1.29, 1.82) is 0 Å². The lowest BCUT2D eigenvalue weighted by molar-refractivity contribution is 0.219. The Morgan fingerprint density at radius 2 is 1.79 bits per heavy atom. The monoisotopic (exact) mass is 290 g/mol. The molecule has 0 saturated carbocycles. The lowest BCUT2D eigenvalue weighted by Crippen LogP contribution is -2.57. The molecule has 4 nitrogen and oxygen atoms in total. The molecule has 1 aromatic rings. The first-order valence-corrected chi connectivity index (χ1v) is 7.47. The molecule has 1 fully saturated rings. The van der Waals surface area contributed by atoms with Gasteiger partial charge in [-0.25, -0.2) is 17.2 Å². The second-order valence-electron chi connectivity index (χ2n) is 4.77. The zero-order valence-corrected chi connectivity index (χ0v) is 11.5. The van der Waals surface area contributed by atoms with Crippen LogP contribution in [0, 0.1) is 11.6 Å². The van der Waals surface area contributed by atoms with Crippen molar-refractivity contribution < 1.29 is 17.2 Å². The molecule has 19 heavy (non-hydrogen) atoms. The molecule has 1 heterocycles. The van der Waals surface area contributed by atoms with Crippen LogP contribution in [0.5, 0.6) is 0 Å². The van der Waals surface area contributed by atoms with Crippen molar-refractivity contribution in [3.05, 3.63) is 29.8 Å². The van der Waals surface area contributed by atoms with E-state index < -0.39 is 26.6 Å². The molecule has 1 aliphatic rings. The molecule has 0 amide bonds. The molecule has 1 N–H and O–H groups in total. The lowest BCUT2D eigenvalue weighted by Gasteiger charge is -2.38. The van der Waals surface area contributed by atoms with Crippen molar-refractivity contribution in [1.82, 2.24) is 9.62 Å². The minimum Gasteiger partial charge on any atom is -0.314 e. The quantitative estimate of drug-likeness (QED) is 0.894. The summed E-state index contributed by atoms with van der Waals surface area (Å²) in [4.78, 5) is -0.477. The van der Waals surface area contributed by atoms with Crippen molar-refractivity contribution in [3.63, 3.8) is 0 Å². The van der Waals surface area contributed by atoms with Crippen LogP contribution in [-0.4, -0.2) is 37.9 Å². The number of hydrogen-bond donors (Lipinski definition) is 1. The molecule has 1 aliphatic heterocycles. The first-order valence-electron chi connectivity index (χ1n) is 6.03. The number of rotatable bonds is 2. The highest BCUT2D eigenvalue weighted by Crippen LogP contribution is 2.25. The number of nitrogens with one attached hydrogen (secondary N) is 1. The van der Waals surface area contributed by atoms with Crippen molar-refractivity contribution >= 4 is 10.0 Å². The second-order valence-corrected chi connectivity index (χ2v) is 6.58. The van der Waals surface area contributed by atoms with E-state index in [-0.39, 0.29) is 12.1 Å². The third-order valence-corrected chi connectivity index (χ3v) is 5.36. The summed E-state index contributed by atoms with van der Waals surface area (Å²) in [5.74, 6) is -1.85. The van der Waals surface area contributed by atoms with Crippen LogP contribution < -0.4 is 5.32 Å². The molecule has 0 spiro atoms. The highest BCUT2D eigenvalue weighted by molar-refractivity contribution is 7.89. The van der Waals surface area contributed by atoms with Gasteiger partial charge in [0.1, 0.15) is 16.5 Å². The Hall–Kier alpha value is -1.05. The van der Waals surface area contributed by atoms with Gasteiger partial charge in [0.2, 0.25) is 10.0 Å². The van der Waals surface area contributed by atoms with Gasteiger partial charge in [-0.1, -0.05) is 0 Å². The summed E-state index contributed by atoms with van der Waals surface area (Å²) >= 11 is 0. The Labute approximate surface area is 111 Å². The first kappa shape index (κ1) is 14.4. The van der Waals surface area contributed by atoms with E-state index in [9.17, 15) is 17.2 Å². The summed E-state index contributed by atoms with van der Waals surface area (Å²) in [6, 6.07) is 1.95. The van der Waals surface area contributed by atoms with E-state index >= 15 is 0 Å². The molecule has 0 aliphatic carbocycles. The molecule has 2 unspecified atom stereocenters. The van der Waals surface area contributed by atoms with E-state index in [0.717, 1.165) is 12.1 Å². The number of sulfonamides is 1. The summed E-state index contributed by atoms with van der Waals surface area (Å²) in [7, 11) is -3.96. The van der Waals surface area contributed by atoms with E-state index in [1.165, 1.54) is 4.31 Å². The number of nitrogens with zero attached hydrogens (tertiary/aromatic N) is 1. The molecule has 106 valence electrons. The maximum atomic E-state index is 13.7. The topological polar surface area (TPSA) is 49.4 Å². The van der Waals surface area contributed by atoms with Gasteiger partial charge in [0.15, 0.2) is 0 Å². The fourth-order valence-electron chi connectivity index (χ4n) is 2.39. The Kier molecular flexibility index (Phi) is 3.89. The fraction of sp³-hybridized carbons (Fsp3) is 0.500. The molecule has 2 rings (SSSR count). The van der Waals surface area contributed by atoms with E-state index in [0.29, 0.717) is 19.2 Å². The van der Waals surface area contributed by atoms with E-state index in [4.69, 9.17) is 0 Å². The smallest absolute Gasteiger partial charge is 0.246 e. The van der Waals surface area contributed by atoms with Crippen LogP contribution in [0.2, 0.25) is 0 Å². The number of halogens is 2.